The minimum atomic E-state index is 0.491. The minimum Gasteiger partial charge on any atom is -0.473 e. The highest BCUT2D eigenvalue weighted by Crippen LogP contribution is 2.21. The second-order valence-electron chi connectivity index (χ2n) is 6.83. The predicted molar refractivity (Wildman–Crippen MR) is 112 cm³/mol. The molecule has 0 saturated carbocycles. The summed E-state index contributed by atoms with van der Waals surface area (Å²) in [6.45, 7) is 5.21. The van der Waals surface area contributed by atoms with E-state index >= 15 is 0 Å². The van der Waals surface area contributed by atoms with Gasteiger partial charge in [-0.15, -0.1) is 0 Å². The molecule has 0 amide bonds. The highest BCUT2D eigenvalue weighted by atomic mass is 35.5. The molecular formula is C22H23ClN4O. The summed E-state index contributed by atoms with van der Waals surface area (Å²) >= 11 is 6.29. The maximum Gasteiger partial charge on any atom is 0.215 e. The van der Waals surface area contributed by atoms with Crippen molar-refractivity contribution in [2.24, 2.45) is 0 Å². The zero-order valence-electron chi connectivity index (χ0n) is 15.7. The summed E-state index contributed by atoms with van der Waals surface area (Å²) in [5.74, 6) is 1.61. The lowest BCUT2D eigenvalue weighted by Crippen LogP contribution is -2.46. The first-order valence-electron chi connectivity index (χ1n) is 9.47. The van der Waals surface area contributed by atoms with Crippen molar-refractivity contribution in [1.29, 1.82) is 0 Å². The molecule has 4 rings (SSSR count). The van der Waals surface area contributed by atoms with Gasteiger partial charge in [-0.2, -0.15) is 4.98 Å². The summed E-state index contributed by atoms with van der Waals surface area (Å²) in [6, 6.07) is 17.9. The molecule has 1 aliphatic heterocycles. The molecular weight excluding hydrogens is 372 g/mol. The zero-order valence-corrected chi connectivity index (χ0v) is 16.4. The topological polar surface area (TPSA) is 41.5 Å². The normalized spacial score (nSPS) is 14.8. The Kier molecular flexibility index (Phi) is 6.04. The number of ether oxygens (including phenoxy) is 1. The van der Waals surface area contributed by atoms with Gasteiger partial charge in [0.2, 0.25) is 5.88 Å². The van der Waals surface area contributed by atoms with Gasteiger partial charge in [0.05, 0.1) is 0 Å². The van der Waals surface area contributed by atoms with Gasteiger partial charge in [-0.1, -0.05) is 35.9 Å². The minimum absolute atomic E-state index is 0.491. The standard InChI is InChI=1S/C22H23ClN4O/c23-20-5-2-1-4-19(20)16-26-12-14-27(15-13-26)21-6-3-7-22(25-21)28-17-18-8-10-24-11-9-18/h1-11H,12-17H2. The van der Waals surface area contributed by atoms with Crippen molar-refractivity contribution in [3.05, 3.63) is 83.1 Å². The number of benzene rings is 1. The fourth-order valence-corrected chi connectivity index (χ4v) is 3.49. The molecule has 0 N–H and O–H groups in total. The SMILES string of the molecule is Clc1ccccc1CN1CCN(c2cccc(OCc3ccncc3)n2)CC1. The van der Waals surface area contributed by atoms with E-state index in [1.807, 2.05) is 48.5 Å². The van der Waals surface area contributed by atoms with Crippen LogP contribution in [0.1, 0.15) is 11.1 Å². The number of anilines is 1. The van der Waals surface area contributed by atoms with E-state index in [9.17, 15) is 0 Å². The first kappa shape index (κ1) is 18.7. The van der Waals surface area contributed by atoms with Crippen molar-refractivity contribution in [3.63, 3.8) is 0 Å². The molecule has 3 heterocycles. The molecule has 0 radical (unpaired) electrons. The van der Waals surface area contributed by atoms with E-state index in [0.717, 1.165) is 49.1 Å². The Labute approximate surface area is 170 Å². The van der Waals surface area contributed by atoms with Crippen molar-refractivity contribution in [3.8, 4) is 5.88 Å². The van der Waals surface area contributed by atoms with E-state index in [1.165, 1.54) is 5.56 Å². The summed E-state index contributed by atoms with van der Waals surface area (Å²) in [4.78, 5) is 13.4. The van der Waals surface area contributed by atoms with Crippen LogP contribution in [0.3, 0.4) is 0 Å². The third-order valence-electron chi connectivity index (χ3n) is 4.89. The molecule has 3 aromatic rings. The molecule has 0 atom stereocenters. The average molecular weight is 395 g/mol. The van der Waals surface area contributed by atoms with Crippen LogP contribution in [0.4, 0.5) is 5.82 Å². The van der Waals surface area contributed by atoms with Gasteiger partial charge in [-0.05, 0) is 35.4 Å². The molecule has 0 aliphatic carbocycles. The van der Waals surface area contributed by atoms with Gasteiger partial charge >= 0.3 is 0 Å². The summed E-state index contributed by atoms with van der Waals surface area (Å²) in [7, 11) is 0. The lowest BCUT2D eigenvalue weighted by atomic mass is 10.2. The maximum absolute atomic E-state index is 6.29. The Bertz CT molecular complexity index is 898. The van der Waals surface area contributed by atoms with E-state index in [2.05, 4.69) is 25.8 Å². The Balaban J connectivity index is 1.32. The van der Waals surface area contributed by atoms with Gasteiger partial charge in [-0.25, -0.2) is 0 Å². The van der Waals surface area contributed by atoms with Crippen LogP contribution in [0, 0.1) is 0 Å². The summed E-state index contributed by atoms with van der Waals surface area (Å²) in [5, 5.41) is 0.839. The zero-order chi connectivity index (χ0) is 19.2. The first-order chi connectivity index (χ1) is 13.8. The summed E-state index contributed by atoms with van der Waals surface area (Å²) < 4.78 is 5.85. The molecule has 1 aromatic carbocycles. The molecule has 6 heteroatoms. The van der Waals surface area contributed by atoms with E-state index in [0.29, 0.717) is 12.5 Å². The predicted octanol–water partition coefficient (Wildman–Crippen LogP) is 4.03. The quantitative estimate of drug-likeness (QED) is 0.631. The molecule has 2 aromatic heterocycles. The molecule has 1 fully saturated rings. The molecule has 0 bridgehead atoms. The van der Waals surface area contributed by atoms with Crippen LogP contribution in [0.25, 0.3) is 0 Å². The first-order valence-corrected chi connectivity index (χ1v) is 9.85. The monoisotopic (exact) mass is 394 g/mol. The Morgan fingerprint density at radius 1 is 0.893 bits per heavy atom. The highest BCUT2D eigenvalue weighted by Gasteiger charge is 2.19. The molecule has 0 spiro atoms. The number of hydrogen-bond acceptors (Lipinski definition) is 5. The lowest BCUT2D eigenvalue weighted by molar-refractivity contribution is 0.248. The van der Waals surface area contributed by atoms with Crippen molar-refractivity contribution in [2.45, 2.75) is 13.2 Å². The van der Waals surface area contributed by atoms with Gasteiger partial charge in [0, 0.05) is 56.2 Å². The van der Waals surface area contributed by atoms with Crippen LogP contribution in [-0.2, 0) is 13.2 Å². The number of halogens is 1. The van der Waals surface area contributed by atoms with E-state index in [1.54, 1.807) is 12.4 Å². The fraction of sp³-hybridized carbons (Fsp3) is 0.273. The second-order valence-corrected chi connectivity index (χ2v) is 7.24. The van der Waals surface area contributed by atoms with Crippen LogP contribution in [-0.4, -0.2) is 41.0 Å². The number of rotatable bonds is 6. The number of nitrogens with zero attached hydrogens (tertiary/aromatic N) is 4. The number of piperazine rings is 1. The number of aromatic nitrogens is 2. The van der Waals surface area contributed by atoms with Gasteiger partial charge in [-0.3, -0.25) is 9.88 Å². The Morgan fingerprint density at radius 3 is 2.46 bits per heavy atom. The van der Waals surface area contributed by atoms with Crippen molar-refractivity contribution >= 4 is 17.4 Å². The third-order valence-corrected chi connectivity index (χ3v) is 5.26. The average Bonchev–Trinajstić information content (AvgIpc) is 2.75. The fourth-order valence-electron chi connectivity index (χ4n) is 3.30. The van der Waals surface area contributed by atoms with Crippen LogP contribution in [0.15, 0.2) is 67.0 Å². The second kappa shape index (κ2) is 9.04. The van der Waals surface area contributed by atoms with E-state index < -0.39 is 0 Å². The number of pyridine rings is 2. The van der Waals surface area contributed by atoms with Gasteiger partial charge in [0.1, 0.15) is 12.4 Å². The Hall–Kier alpha value is -2.63. The van der Waals surface area contributed by atoms with Gasteiger partial charge in [0.25, 0.3) is 0 Å². The van der Waals surface area contributed by atoms with Gasteiger partial charge in [0.15, 0.2) is 0 Å². The van der Waals surface area contributed by atoms with Crippen molar-refractivity contribution < 1.29 is 4.74 Å². The summed E-state index contributed by atoms with van der Waals surface area (Å²) in [6.07, 6.45) is 3.54. The van der Waals surface area contributed by atoms with Crippen LogP contribution in [0.5, 0.6) is 5.88 Å². The molecule has 28 heavy (non-hydrogen) atoms. The molecule has 1 aliphatic rings. The maximum atomic E-state index is 6.29. The highest BCUT2D eigenvalue weighted by molar-refractivity contribution is 6.31. The Morgan fingerprint density at radius 2 is 1.68 bits per heavy atom. The number of hydrogen-bond donors (Lipinski definition) is 0. The van der Waals surface area contributed by atoms with Gasteiger partial charge < -0.3 is 9.64 Å². The van der Waals surface area contributed by atoms with E-state index in [-0.39, 0.29) is 0 Å². The van der Waals surface area contributed by atoms with Crippen molar-refractivity contribution in [1.82, 2.24) is 14.9 Å². The van der Waals surface area contributed by atoms with Crippen LogP contribution < -0.4 is 9.64 Å². The molecule has 0 unspecified atom stereocenters. The summed E-state index contributed by atoms with van der Waals surface area (Å²) in [5.41, 5.74) is 2.26. The molecule has 1 saturated heterocycles. The largest absolute Gasteiger partial charge is 0.473 e. The molecule has 5 nitrogen and oxygen atoms in total. The van der Waals surface area contributed by atoms with Crippen LogP contribution in [0.2, 0.25) is 5.02 Å². The smallest absolute Gasteiger partial charge is 0.215 e. The molecule has 144 valence electrons. The lowest BCUT2D eigenvalue weighted by Gasteiger charge is -2.35. The van der Waals surface area contributed by atoms with Crippen molar-refractivity contribution in [2.75, 3.05) is 31.1 Å². The third kappa shape index (κ3) is 4.80. The van der Waals surface area contributed by atoms with E-state index in [4.69, 9.17) is 16.3 Å². The van der Waals surface area contributed by atoms with Crippen LogP contribution >= 0.6 is 11.6 Å².